The number of Topliss-reactive ketones (excluding diaryl/α,β-unsaturated/α-hetero) is 1. The molecule has 0 fully saturated rings. The van der Waals surface area contributed by atoms with Crippen molar-refractivity contribution in [2.24, 2.45) is 0 Å². The number of benzene rings is 1. The number of fused-ring (bicyclic) bond motifs is 1. The average molecular weight is 378 g/mol. The number of phenols is 1. The Kier molecular flexibility index (Phi) is 3.68. The van der Waals surface area contributed by atoms with Crippen LogP contribution in [0.1, 0.15) is 46.4 Å². The van der Waals surface area contributed by atoms with Crippen LogP contribution in [0.4, 0.5) is 5.88 Å². The number of para-hydroxylation sites is 1. The first-order chi connectivity index (χ1) is 13.1. The number of ketones is 1. The van der Waals surface area contributed by atoms with E-state index in [0.29, 0.717) is 18.7 Å². The third-order valence-corrected chi connectivity index (χ3v) is 6.40. The molecule has 5 nitrogen and oxygen atoms in total. The molecule has 0 radical (unpaired) electrons. The number of hydrogen-bond acceptors (Lipinski definition) is 6. The maximum atomic E-state index is 13.2. The fourth-order valence-corrected chi connectivity index (χ4v) is 5.11. The fraction of sp³-hybridized carbons (Fsp3) is 0.238. The number of allylic oxidation sites excluding steroid dienone is 2. The Morgan fingerprint density at radius 2 is 2.07 bits per heavy atom. The minimum absolute atomic E-state index is 0.0560. The minimum Gasteiger partial charge on any atom is -0.508 e. The lowest BCUT2D eigenvalue weighted by atomic mass is 9.74. The van der Waals surface area contributed by atoms with Crippen molar-refractivity contribution in [3.63, 3.8) is 0 Å². The topological polar surface area (TPSA) is 75.4 Å². The molecule has 27 heavy (non-hydrogen) atoms. The van der Waals surface area contributed by atoms with Gasteiger partial charge < -0.3 is 14.9 Å². The third-order valence-electron chi connectivity index (χ3n) is 5.46. The number of aromatic hydroxyl groups is 1. The largest absolute Gasteiger partial charge is 0.508 e. The third kappa shape index (κ3) is 2.51. The number of carbonyl (C=O) groups is 1. The van der Waals surface area contributed by atoms with Gasteiger partial charge in [0.05, 0.1) is 17.2 Å². The van der Waals surface area contributed by atoms with Crippen LogP contribution >= 0.6 is 11.3 Å². The van der Waals surface area contributed by atoms with E-state index in [1.165, 1.54) is 0 Å². The van der Waals surface area contributed by atoms with Gasteiger partial charge in [0.1, 0.15) is 5.75 Å². The summed E-state index contributed by atoms with van der Waals surface area (Å²) in [7, 11) is 0. The standard InChI is InChI=1S/C21H18N2O3S/c1-11-18-20(17-7-4-8-27-17)19-14(22-21(18)26-23-11)9-12(10-16(19)25)13-5-2-3-6-15(13)24/h2-8,12,20,22,24H,9-10H2,1H3/t12-,20+/m0/s1. The number of anilines is 1. The number of nitrogens with zero attached hydrogens (tertiary/aromatic N) is 1. The van der Waals surface area contributed by atoms with Gasteiger partial charge in [0, 0.05) is 28.5 Å². The molecule has 6 heteroatoms. The maximum absolute atomic E-state index is 13.2. The predicted molar refractivity (Wildman–Crippen MR) is 103 cm³/mol. The minimum atomic E-state index is -0.139. The van der Waals surface area contributed by atoms with Crippen LogP contribution in [0.15, 0.2) is 57.6 Å². The van der Waals surface area contributed by atoms with E-state index in [1.54, 1.807) is 23.5 Å². The first kappa shape index (κ1) is 16.3. The molecule has 2 N–H and O–H groups in total. The Hall–Kier alpha value is -2.86. The second kappa shape index (κ2) is 6.09. The molecule has 2 aromatic heterocycles. The van der Waals surface area contributed by atoms with E-state index in [-0.39, 0.29) is 23.4 Å². The quantitative estimate of drug-likeness (QED) is 0.675. The van der Waals surface area contributed by atoms with E-state index in [9.17, 15) is 9.90 Å². The van der Waals surface area contributed by atoms with Gasteiger partial charge in [0.2, 0.25) is 5.88 Å². The summed E-state index contributed by atoms with van der Waals surface area (Å²) in [6.45, 7) is 1.91. The van der Waals surface area contributed by atoms with Crippen molar-refractivity contribution in [3.05, 3.63) is 74.7 Å². The zero-order valence-corrected chi connectivity index (χ0v) is 15.5. The van der Waals surface area contributed by atoms with Gasteiger partial charge in [0.15, 0.2) is 5.78 Å². The van der Waals surface area contributed by atoms with Gasteiger partial charge in [-0.2, -0.15) is 0 Å². The molecule has 3 heterocycles. The van der Waals surface area contributed by atoms with Crippen LogP contribution in [-0.4, -0.2) is 16.0 Å². The number of nitrogens with one attached hydrogen (secondary N) is 1. The van der Waals surface area contributed by atoms with E-state index >= 15 is 0 Å². The Morgan fingerprint density at radius 3 is 2.85 bits per heavy atom. The Balaban J connectivity index is 1.63. The summed E-state index contributed by atoms with van der Waals surface area (Å²) in [6, 6.07) is 11.3. The Bertz CT molecular complexity index is 1070. The summed E-state index contributed by atoms with van der Waals surface area (Å²) in [6.07, 6.45) is 1.04. The van der Waals surface area contributed by atoms with E-state index < -0.39 is 0 Å². The zero-order chi connectivity index (χ0) is 18.5. The normalized spacial score (nSPS) is 21.6. The lowest BCUT2D eigenvalue weighted by molar-refractivity contribution is -0.116. The molecule has 1 aliphatic carbocycles. The Morgan fingerprint density at radius 1 is 1.22 bits per heavy atom. The Labute approximate surface area is 160 Å². The molecule has 0 amide bonds. The van der Waals surface area contributed by atoms with Crippen LogP contribution in [0.25, 0.3) is 0 Å². The highest BCUT2D eigenvalue weighted by molar-refractivity contribution is 7.10. The highest BCUT2D eigenvalue weighted by atomic mass is 32.1. The van der Waals surface area contributed by atoms with Crippen LogP contribution in [0, 0.1) is 6.92 Å². The number of aromatic nitrogens is 1. The molecule has 3 aromatic rings. The van der Waals surface area contributed by atoms with Gasteiger partial charge in [-0.3, -0.25) is 4.79 Å². The molecule has 0 saturated carbocycles. The highest BCUT2D eigenvalue weighted by Gasteiger charge is 2.41. The maximum Gasteiger partial charge on any atom is 0.233 e. The average Bonchev–Trinajstić information content (AvgIpc) is 3.31. The number of phenolic OH excluding ortho intramolecular Hbond substituents is 1. The number of aryl methyl sites for hydroxylation is 1. The fourth-order valence-electron chi connectivity index (χ4n) is 4.27. The number of thiophene rings is 1. The lowest BCUT2D eigenvalue weighted by Crippen LogP contribution is -2.29. The molecule has 0 saturated heterocycles. The first-order valence-corrected chi connectivity index (χ1v) is 9.82. The molecule has 136 valence electrons. The van der Waals surface area contributed by atoms with E-state index in [4.69, 9.17) is 4.52 Å². The highest BCUT2D eigenvalue weighted by Crippen LogP contribution is 2.50. The molecule has 1 aliphatic heterocycles. The van der Waals surface area contributed by atoms with Gasteiger partial charge in [-0.1, -0.05) is 29.4 Å². The smallest absolute Gasteiger partial charge is 0.233 e. The van der Waals surface area contributed by atoms with Gasteiger partial charge in [-0.05, 0) is 36.4 Å². The van der Waals surface area contributed by atoms with Crippen molar-refractivity contribution in [1.82, 2.24) is 5.16 Å². The number of carbonyl (C=O) groups excluding carboxylic acids is 1. The number of rotatable bonds is 2. The monoisotopic (exact) mass is 378 g/mol. The van der Waals surface area contributed by atoms with Crippen LogP contribution < -0.4 is 5.32 Å². The van der Waals surface area contributed by atoms with Gasteiger partial charge >= 0.3 is 0 Å². The second-order valence-electron chi connectivity index (χ2n) is 7.06. The predicted octanol–water partition coefficient (Wildman–Crippen LogP) is 4.71. The summed E-state index contributed by atoms with van der Waals surface area (Å²) in [5.74, 6) is 0.776. The van der Waals surface area contributed by atoms with E-state index in [1.807, 2.05) is 30.5 Å². The van der Waals surface area contributed by atoms with Crippen LogP contribution in [0.3, 0.4) is 0 Å². The van der Waals surface area contributed by atoms with E-state index in [0.717, 1.165) is 33.0 Å². The molecule has 1 aromatic carbocycles. The van der Waals surface area contributed by atoms with Gasteiger partial charge in [-0.25, -0.2) is 0 Å². The number of hydrogen-bond donors (Lipinski definition) is 2. The molecule has 0 unspecified atom stereocenters. The van der Waals surface area contributed by atoms with Crippen molar-refractivity contribution >= 4 is 23.0 Å². The first-order valence-electron chi connectivity index (χ1n) is 8.94. The van der Waals surface area contributed by atoms with Crippen molar-refractivity contribution in [2.75, 3.05) is 5.32 Å². The SMILES string of the molecule is Cc1noc2c1[C@@H](c1cccs1)C1=C(C[C@H](c3ccccc3O)CC1=O)N2. The van der Waals surface area contributed by atoms with Gasteiger partial charge in [0.25, 0.3) is 0 Å². The second-order valence-corrected chi connectivity index (χ2v) is 8.04. The summed E-state index contributed by atoms with van der Waals surface area (Å²) >= 11 is 1.64. The molecule has 0 bridgehead atoms. The summed E-state index contributed by atoms with van der Waals surface area (Å²) < 4.78 is 5.51. The van der Waals surface area contributed by atoms with Crippen molar-refractivity contribution < 1.29 is 14.4 Å². The van der Waals surface area contributed by atoms with E-state index in [2.05, 4.69) is 16.5 Å². The van der Waals surface area contributed by atoms with Crippen LogP contribution in [0.2, 0.25) is 0 Å². The molecule has 0 spiro atoms. The molecular weight excluding hydrogens is 360 g/mol. The van der Waals surface area contributed by atoms with Crippen molar-refractivity contribution in [3.8, 4) is 5.75 Å². The zero-order valence-electron chi connectivity index (χ0n) is 14.7. The van der Waals surface area contributed by atoms with Crippen molar-refractivity contribution in [2.45, 2.75) is 31.6 Å². The van der Waals surface area contributed by atoms with Gasteiger partial charge in [-0.15, -0.1) is 11.3 Å². The summed E-state index contributed by atoms with van der Waals surface area (Å²) in [5, 5.41) is 19.7. The summed E-state index contributed by atoms with van der Waals surface area (Å²) in [4.78, 5) is 14.4. The van der Waals surface area contributed by atoms with Crippen LogP contribution in [-0.2, 0) is 4.79 Å². The molecule has 2 aliphatic rings. The molecule has 5 rings (SSSR count). The lowest BCUT2D eigenvalue weighted by Gasteiger charge is -2.34. The van der Waals surface area contributed by atoms with Crippen molar-refractivity contribution in [1.29, 1.82) is 0 Å². The molecule has 2 atom stereocenters. The van der Waals surface area contributed by atoms with Crippen LogP contribution in [0.5, 0.6) is 5.75 Å². The molecular formula is C21H18N2O3S. The summed E-state index contributed by atoms with van der Waals surface area (Å²) in [5.41, 5.74) is 4.25.